The molecule has 1 amide bonds. The molecule has 0 aliphatic carbocycles. The van der Waals surface area contributed by atoms with Crippen molar-refractivity contribution in [3.05, 3.63) is 35.4 Å². The molecule has 0 saturated carbocycles. The topological polar surface area (TPSA) is 69.1 Å². The fourth-order valence-corrected chi connectivity index (χ4v) is 1.26. The van der Waals surface area contributed by atoms with Crippen LogP contribution in [0.5, 0.6) is 0 Å². The third-order valence-electron chi connectivity index (χ3n) is 2.01. The fraction of sp³-hybridized carbons (Fsp3) is 0.300. The second-order valence-electron chi connectivity index (χ2n) is 3.25. The van der Waals surface area contributed by atoms with Gasteiger partial charge >= 0.3 is 0 Å². The highest BCUT2D eigenvalue weighted by Crippen LogP contribution is 2.22. The van der Waals surface area contributed by atoms with Gasteiger partial charge in [0.05, 0.1) is 0 Å². The standard InChI is InChI=1S/C10H12F2N2O/c11-10(12)7-3-1-2-6(4-7)8(13)5-9(14)15/h1-4,8,10H,5,13H2,(H2,14,15)/t8-/m0/s1. The molecule has 1 aromatic carbocycles. The Morgan fingerprint density at radius 1 is 1.33 bits per heavy atom. The Morgan fingerprint density at radius 3 is 2.47 bits per heavy atom. The summed E-state index contributed by atoms with van der Waals surface area (Å²) in [5, 5.41) is 0. The van der Waals surface area contributed by atoms with Gasteiger partial charge in [-0.2, -0.15) is 0 Å². The summed E-state index contributed by atoms with van der Waals surface area (Å²) in [6.07, 6.45) is -2.59. The summed E-state index contributed by atoms with van der Waals surface area (Å²) < 4.78 is 24.7. The lowest BCUT2D eigenvalue weighted by Crippen LogP contribution is -2.20. The SMILES string of the molecule is NC(=O)C[C@H](N)c1cccc(C(F)F)c1. The normalized spacial score (nSPS) is 12.8. The summed E-state index contributed by atoms with van der Waals surface area (Å²) >= 11 is 0. The number of amides is 1. The van der Waals surface area contributed by atoms with Crippen LogP contribution in [0.4, 0.5) is 8.78 Å². The number of hydrogen-bond donors (Lipinski definition) is 2. The van der Waals surface area contributed by atoms with E-state index in [9.17, 15) is 13.6 Å². The molecule has 0 fully saturated rings. The quantitative estimate of drug-likeness (QED) is 0.797. The van der Waals surface area contributed by atoms with Crippen LogP contribution >= 0.6 is 0 Å². The molecule has 0 bridgehead atoms. The highest BCUT2D eigenvalue weighted by Gasteiger charge is 2.12. The zero-order chi connectivity index (χ0) is 11.4. The minimum absolute atomic E-state index is 0.0489. The molecular formula is C10H12F2N2O. The van der Waals surface area contributed by atoms with Crippen molar-refractivity contribution in [1.29, 1.82) is 0 Å². The second kappa shape index (κ2) is 4.84. The van der Waals surface area contributed by atoms with Gasteiger partial charge in [0, 0.05) is 18.0 Å². The van der Waals surface area contributed by atoms with Gasteiger partial charge in [-0.3, -0.25) is 4.79 Å². The molecule has 1 aromatic rings. The Bertz CT molecular complexity index is 355. The van der Waals surface area contributed by atoms with E-state index in [-0.39, 0.29) is 12.0 Å². The maximum Gasteiger partial charge on any atom is 0.263 e. The van der Waals surface area contributed by atoms with E-state index in [1.165, 1.54) is 18.2 Å². The van der Waals surface area contributed by atoms with Crippen molar-refractivity contribution in [2.75, 3.05) is 0 Å². The molecule has 0 aliphatic heterocycles. The van der Waals surface area contributed by atoms with Crippen LogP contribution in [0.25, 0.3) is 0 Å². The van der Waals surface area contributed by atoms with E-state index in [0.717, 1.165) is 0 Å². The van der Waals surface area contributed by atoms with Gasteiger partial charge in [0.15, 0.2) is 0 Å². The number of hydrogen-bond acceptors (Lipinski definition) is 2. The smallest absolute Gasteiger partial charge is 0.263 e. The molecular weight excluding hydrogens is 202 g/mol. The van der Waals surface area contributed by atoms with Crippen LogP contribution in [0.3, 0.4) is 0 Å². The van der Waals surface area contributed by atoms with Crippen LogP contribution in [0, 0.1) is 0 Å². The highest BCUT2D eigenvalue weighted by atomic mass is 19.3. The molecule has 0 saturated heterocycles. The van der Waals surface area contributed by atoms with Crippen molar-refractivity contribution in [2.24, 2.45) is 11.5 Å². The Balaban J connectivity index is 2.85. The molecule has 0 heterocycles. The predicted octanol–water partition coefficient (Wildman–Crippen LogP) is 1.50. The van der Waals surface area contributed by atoms with Gasteiger partial charge in [-0.1, -0.05) is 18.2 Å². The van der Waals surface area contributed by atoms with Crippen LogP contribution in [-0.4, -0.2) is 5.91 Å². The number of carbonyl (C=O) groups is 1. The van der Waals surface area contributed by atoms with Crippen LogP contribution in [-0.2, 0) is 4.79 Å². The van der Waals surface area contributed by atoms with E-state index >= 15 is 0 Å². The Labute approximate surface area is 86.1 Å². The number of benzene rings is 1. The lowest BCUT2D eigenvalue weighted by Gasteiger charge is -2.11. The number of rotatable bonds is 4. The van der Waals surface area contributed by atoms with Gasteiger partial charge in [-0.05, 0) is 11.6 Å². The first-order chi connectivity index (χ1) is 7.00. The lowest BCUT2D eigenvalue weighted by molar-refractivity contribution is -0.118. The predicted molar refractivity (Wildman–Crippen MR) is 52.1 cm³/mol. The summed E-state index contributed by atoms with van der Waals surface area (Å²) in [5.41, 5.74) is 11.0. The van der Waals surface area contributed by atoms with Crippen molar-refractivity contribution < 1.29 is 13.6 Å². The molecule has 0 aliphatic rings. The van der Waals surface area contributed by atoms with E-state index in [2.05, 4.69) is 0 Å². The van der Waals surface area contributed by atoms with Crippen LogP contribution in [0.2, 0.25) is 0 Å². The maximum atomic E-state index is 12.3. The molecule has 15 heavy (non-hydrogen) atoms. The van der Waals surface area contributed by atoms with E-state index in [1.54, 1.807) is 6.07 Å². The maximum absolute atomic E-state index is 12.3. The molecule has 3 nitrogen and oxygen atoms in total. The zero-order valence-electron chi connectivity index (χ0n) is 7.99. The van der Waals surface area contributed by atoms with Gasteiger partial charge in [0.1, 0.15) is 0 Å². The summed E-state index contributed by atoms with van der Waals surface area (Å²) in [6, 6.07) is 5.06. The number of halogens is 2. The van der Waals surface area contributed by atoms with Crippen molar-refractivity contribution in [2.45, 2.75) is 18.9 Å². The minimum atomic E-state index is -2.54. The van der Waals surface area contributed by atoms with Crippen molar-refractivity contribution in [3.8, 4) is 0 Å². The Morgan fingerprint density at radius 2 is 1.93 bits per heavy atom. The third-order valence-corrected chi connectivity index (χ3v) is 2.01. The molecule has 1 rings (SSSR count). The number of nitrogens with two attached hydrogens (primary N) is 2. The van der Waals surface area contributed by atoms with Crippen LogP contribution in [0.1, 0.15) is 30.0 Å². The molecule has 0 unspecified atom stereocenters. The summed E-state index contributed by atoms with van der Waals surface area (Å²) in [4.78, 5) is 10.6. The molecule has 0 aromatic heterocycles. The van der Waals surface area contributed by atoms with Crippen molar-refractivity contribution in [1.82, 2.24) is 0 Å². The lowest BCUT2D eigenvalue weighted by atomic mass is 10.0. The monoisotopic (exact) mass is 214 g/mol. The van der Waals surface area contributed by atoms with E-state index in [0.29, 0.717) is 5.56 Å². The van der Waals surface area contributed by atoms with E-state index in [4.69, 9.17) is 11.5 Å². The summed E-state index contributed by atoms with van der Waals surface area (Å²) in [6.45, 7) is 0. The summed E-state index contributed by atoms with van der Waals surface area (Å²) in [5.74, 6) is -0.551. The Kier molecular flexibility index (Phi) is 3.74. The average molecular weight is 214 g/mol. The van der Waals surface area contributed by atoms with Gasteiger partial charge < -0.3 is 11.5 Å². The molecule has 0 radical (unpaired) electrons. The zero-order valence-corrected chi connectivity index (χ0v) is 7.99. The Hall–Kier alpha value is -1.49. The molecule has 5 heteroatoms. The van der Waals surface area contributed by atoms with Crippen molar-refractivity contribution in [3.63, 3.8) is 0 Å². The summed E-state index contributed by atoms with van der Waals surface area (Å²) in [7, 11) is 0. The highest BCUT2D eigenvalue weighted by molar-refractivity contribution is 5.74. The van der Waals surface area contributed by atoms with Gasteiger partial charge in [-0.15, -0.1) is 0 Å². The number of alkyl halides is 2. The first-order valence-electron chi connectivity index (χ1n) is 4.42. The van der Waals surface area contributed by atoms with Gasteiger partial charge in [0.25, 0.3) is 6.43 Å². The van der Waals surface area contributed by atoms with E-state index in [1.807, 2.05) is 0 Å². The van der Waals surface area contributed by atoms with Gasteiger partial charge in [-0.25, -0.2) is 8.78 Å². The van der Waals surface area contributed by atoms with Crippen LogP contribution < -0.4 is 11.5 Å². The molecule has 1 atom stereocenters. The fourth-order valence-electron chi connectivity index (χ4n) is 1.26. The molecule has 82 valence electrons. The average Bonchev–Trinajstić information content (AvgIpc) is 2.17. The largest absolute Gasteiger partial charge is 0.370 e. The van der Waals surface area contributed by atoms with Crippen LogP contribution in [0.15, 0.2) is 24.3 Å². The van der Waals surface area contributed by atoms with Gasteiger partial charge in [0.2, 0.25) is 5.91 Å². The number of carbonyl (C=O) groups excluding carboxylic acids is 1. The first kappa shape index (κ1) is 11.6. The first-order valence-corrected chi connectivity index (χ1v) is 4.42. The molecule has 4 N–H and O–H groups in total. The second-order valence-corrected chi connectivity index (χ2v) is 3.25. The minimum Gasteiger partial charge on any atom is -0.370 e. The third kappa shape index (κ3) is 3.28. The number of primary amides is 1. The van der Waals surface area contributed by atoms with Crippen molar-refractivity contribution >= 4 is 5.91 Å². The van der Waals surface area contributed by atoms with E-state index < -0.39 is 18.4 Å². The molecule has 0 spiro atoms.